The Hall–Kier alpha value is -1.90. The van der Waals surface area contributed by atoms with E-state index < -0.39 is 11.4 Å². The first kappa shape index (κ1) is 12.6. The first-order valence-electron chi connectivity index (χ1n) is 6.06. The van der Waals surface area contributed by atoms with Gasteiger partial charge in [0, 0.05) is 5.56 Å². The maximum Gasteiger partial charge on any atom is 0.320 e. The second kappa shape index (κ2) is 4.77. The topological polar surface area (TPSA) is 43.4 Å². The molecular formula is C15H16O3. The predicted molar refractivity (Wildman–Crippen MR) is 68.4 cm³/mol. The number of allylic oxidation sites excluding steroid dienone is 1. The highest BCUT2D eigenvalue weighted by Crippen LogP contribution is 2.40. The SMILES string of the molecule is C=CC[C@]1(C(=O)OCC)Cc2ccccc2C1=O. The molecule has 0 saturated heterocycles. The lowest BCUT2D eigenvalue weighted by Crippen LogP contribution is -2.38. The van der Waals surface area contributed by atoms with Crippen LogP contribution in [-0.4, -0.2) is 18.4 Å². The lowest BCUT2D eigenvalue weighted by molar-refractivity contribution is -0.151. The monoisotopic (exact) mass is 244 g/mol. The van der Waals surface area contributed by atoms with E-state index in [9.17, 15) is 9.59 Å². The Morgan fingerprint density at radius 2 is 2.22 bits per heavy atom. The van der Waals surface area contributed by atoms with Gasteiger partial charge in [-0.25, -0.2) is 0 Å². The molecule has 1 aromatic carbocycles. The van der Waals surface area contributed by atoms with Gasteiger partial charge >= 0.3 is 5.97 Å². The van der Waals surface area contributed by atoms with Gasteiger partial charge in [-0.15, -0.1) is 6.58 Å². The zero-order chi connectivity index (χ0) is 13.2. The highest BCUT2D eigenvalue weighted by Gasteiger charge is 2.51. The summed E-state index contributed by atoms with van der Waals surface area (Å²) in [7, 11) is 0. The van der Waals surface area contributed by atoms with Gasteiger partial charge in [-0.05, 0) is 25.3 Å². The van der Waals surface area contributed by atoms with Gasteiger partial charge in [0.25, 0.3) is 0 Å². The maximum atomic E-state index is 12.5. The lowest BCUT2D eigenvalue weighted by atomic mass is 9.80. The van der Waals surface area contributed by atoms with Crippen molar-refractivity contribution in [3.05, 3.63) is 48.0 Å². The summed E-state index contributed by atoms with van der Waals surface area (Å²) in [4.78, 5) is 24.6. The van der Waals surface area contributed by atoms with Gasteiger partial charge in [0.15, 0.2) is 5.78 Å². The molecule has 3 nitrogen and oxygen atoms in total. The molecule has 0 spiro atoms. The van der Waals surface area contributed by atoms with E-state index in [1.807, 2.05) is 18.2 Å². The van der Waals surface area contributed by atoms with E-state index in [4.69, 9.17) is 4.74 Å². The zero-order valence-electron chi connectivity index (χ0n) is 10.4. The molecule has 0 aromatic heterocycles. The summed E-state index contributed by atoms with van der Waals surface area (Å²) in [6, 6.07) is 7.34. The Balaban J connectivity index is 2.44. The van der Waals surface area contributed by atoms with Crippen molar-refractivity contribution in [2.24, 2.45) is 5.41 Å². The van der Waals surface area contributed by atoms with E-state index in [1.165, 1.54) is 0 Å². The molecule has 1 atom stereocenters. The van der Waals surface area contributed by atoms with Crippen LogP contribution < -0.4 is 0 Å². The molecule has 2 rings (SSSR count). The van der Waals surface area contributed by atoms with Crippen molar-refractivity contribution in [2.75, 3.05) is 6.61 Å². The molecule has 0 amide bonds. The highest BCUT2D eigenvalue weighted by molar-refractivity contribution is 6.16. The van der Waals surface area contributed by atoms with Crippen LogP contribution in [0.2, 0.25) is 0 Å². The largest absolute Gasteiger partial charge is 0.465 e. The number of esters is 1. The van der Waals surface area contributed by atoms with Gasteiger partial charge in [-0.2, -0.15) is 0 Å². The Kier molecular flexibility index (Phi) is 3.32. The standard InChI is InChI=1S/C15H16O3/c1-3-9-15(14(17)18-4-2)10-11-7-5-6-8-12(11)13(15)16/h3,5-8H,1,4,9-10H2,2H3/t15-/m0/s1. The second-order valence-electron chi connectivity index (χ2n) is 4.46. The molecule has 94 valence electrons. The van der Waals surface area contributed by atoms with E-state index in [-0.39, 0.29) is 12.4 Å². The summed E-state index contributed by atoms with van der Waals surface area (Å²) in [5.41, 5.74) is 0.450. The van der Waals surface area contributed by atoms with Gasteiger partial charge in [-0.3, -0.25) is 9.59 Å². The summed E-state index contributed by atoms with van der Waals surface area (Å²) in [5.74, 6) is -0.581. The molecule has 0 bridgehead atoms. The van der Waals surface area contributed by atoms with Crippen LogP contribution >= 0.6 is 0 Å². The molecule has 1 aliphatic rings. The fourth-order valence-corrected chi connectivity index (χ4v) is 2.49. The Morgan fingerprint density at radius 1 is 1.50 bits per heavy atom. The van der Waals surface area contributed by atoms with Crippen molar-refractivity contribution < 1.29 is 14.3 Å². The first-order valence-corrected chi connectivity index (χ1v) is 6.06. The maximum absolute atomic E-state index is 12.5. The van der Waals surface area contributed by atoms with Crippen LogP contribution in [0.4, 0.5) is 0 Å². The van der Waals surface area contributed by atoms with Gasteiger partial charge in [0.2, 0.25) is 0 Å². The van der Waals surface area contributed by atoms with Gasteiger partial charge in [-0.1, -0.05) is 30.3 Å². The average Bonchev–Trinajstić information content (AvgIpc) is 2.65. The number of ether oxygens (including phenoxy) is 1. The van der Waals surface area contributed by atoms with Gasteiger partial charge < -0.3 is 4.74 Å². The number of ketones is 1. The minimum Gasteiger partial charge on any atom is -0.465 e. The molecule has 18 heavy (non-hydrogen) atoms. The highest BCUT2D eigenvalue weighted by atomic mass is 16.5. The number of benzene rings is 1. The summed E-state index contributed by atoms with van der Waals surface area (Å²) in [6.07, 6.45) is 2.34. The molecule has 0 N–H and O–H groups in total. The van der Waals surface area contributed by atoms with Crippen molar-refractivity contribution in [3.8, 4) is 0 Å². The fraction of sp³-hybridized carbons (Fsp3) is 0.333. The number of fused-ring (bicyclic) bond motifs is 1. The Labute approximate surface area is 106 Å². The third-order valence-electron chi connectivity index (χ3n) is 3.35. The van der Waals surface area contributed by atoms with E-state index in [2.05, 4.69) is 6.58 Å². The van der Waals surface area contributed by atoms with Crippen LogP contribution in [0, 0.1) is 5.41 Å². The number of carbonyl (C=O) groups is 2. The average molecular weight is 244 g/mol. The number of hydrogen-bond acceptors (Lipinski definition) is 3. The van der Waals surface area contributed by atoms with Crippen LogP contribution in [0.15, 0.2) is 36.9 Å². The van der Waals surface area contributed by atoms with E-state index in [1.54, 1.807) is 19.1 Å². The second-order valence-corrected chi connectivity index (χ2v) is 4.46. The molecule has 0 fully saturated rings. The molecular weight excluding hydrogens is 228 g/mol. The fourth-order valence-electron chi connectivity index (χ4n) is 2.49. The molecule has 0 saturated carbocycles. The number of carbonyl (C=O) groups excluding carboxylic acids is 2. The van der Waals surface area contributed by atoms with Crippen LogP contribution in [0.25, 0.3) is 0 Å². The van der Waals surface area contributed by atoms with Crippen LogP contribution in [0.3, 0.4) is 0 Å². The number of rotatable bonds is 4. The molecule has 0 radical (unpaired) electrons. The van der Waals surface area contributed by atoms with Crippen molar-refractivity contribution >= 4 is 11.8 Å². The summed E-state index contributed by atoms with van der Waals surface area (Å²) >= 11 is 0. The molecule has 1 aliphatic carbocycles. The van der Waals surface area contributed by atoms with Crippen molar-refractivity contribution in [1.82, 2.24) is 0 Å². The third kappa shape index (κ3) is 1.76. The van der Waals surface area contributed by atoms with Crippen molar-refractivity contribution in [3.63, 3.8) is 0 Å². The first-order chi connectivity index (χ1) is 8.65. The van der Waals surface area contributed by atoms with Crippen LogP contribution in [0.1, 0.15) is 29.3 Å². The Bertz CT molecular complexity index is 504. The smallest absolute Gasteiger partial charge is 0.320 e. The lowest BCUT2D eigenvalue weighted by Gasteiger charge is -2.23. The summed E-state index contributed by atoms with van der Waals surface area (Å²) < 4.78 is 5.08. The van der Waals surface area contributed by atoms with Gasteiger partial charge in [0.1, 0.15) is 5.41 Å². The zero-order valence-corrected chi connectivity index (χ0v) is 10.4. The molecule has 3 heteroatoms. The Morgan fingerprint density at radius 3 is 2.83 bits per heavy atom. The number of hydrogen-bond donors (Lipinski definition) is 0. The summed E-state index contributed by atoms with van der Waals surface area (Å²) in [6.45, 7) is 5.67. The van der Waals surface area contributed by atoms with E-state index in [0.717, 1.165) is 5.56 Å². The molecule has 1 aromatic rings. The summed E-state index contributed by atoms with van der Waals surface area (Å²) in [5, 5.41) is 0. The normalized spacial score (nSPS) is 21.5. The molecule has 0 unspecified atom stereocenters. The third-order valence-corrected chi connectivity index (χ3v) is 3.35. The molecule has 0 aliphatic heterocycles. The predicted octanol–water partition coefficient (Wildman–Crippen LogP) is 2.55. The van der Waals surface area contributed by atoms with Crippen LogP contribution in [0.5, 0.6) is 0 Å². The minimum absolute atomic E-state index is 0.142. The quantitative estimate of drug-likeness (QED) is 0.464. The minimum atomic E-state index is -1.10. The van der Waals surface area contributed by atoms with E-state index >= 15 is 0 Å². The molecule has 0 heterocycles. The van der Waals surface area contributed by atoms with E-state index in [0.29, 0.717) is 18.4 Å². The van der Waals surface area contributed by atoms with Crippen molar-refractivity contribution in [2.45, 2.75) is 19.8 Å². The van der Waals surface area contributed by atoms with Gasteiger partial charge in [0.05, 0.1) is 6.61 Å². The number of Topliss-reactive ketones (excluding diaryl/α,β-unsaturated/α-hetero) is 1. The van der Waals surface area contributed by atoms with Crippen LogP contribution in [-0.2, 0) is 16.0 Å². The van der Waals surface area contributed by atoms with Crippen molar-refractivity contribution in [1.29, 1.82) is 0 Å².